The van der Waals surface area contributed by atoms with Gasteiger partial charge in [-0.25, -0.2) is 19.1 Å². The molecule has 0 saturated carbocycles. The SMILES string of the molecule is CC(C)(C)OC(=O)N1CCCC(c2cc(C(=O)O)c3c(N)ncnn23)C1. The molecule has 0 radical (unpaired) electrons. The van der Waals surface area contributed by atoms with Gasteiger partial charge in [0.1, 0.15) is 17.4 Å². The second-order valence-corrected chi connectivity index (χ2v) is 7.46. The van der Waals surface area contributed by atoms with Crippen LogP contribution >= 0.6 is 0 Å². The standard InChI is InChI=1S/C17H23N5O4/c1-17(2,3)26-16(25)21-6-4-5-10(8-21)12-7-11(15(23)24)13-14(18)19-9-20-22(12)13/h7,9-10H,4-6,8H2,1-3H3,(H,23,24)(H2,18,19,20). The quantitative estimate of drug-likeness (QED) is 0.840. The summed E-state index contributed by atoms with van der Waals surface area (Å²) in [5, 5.41) is 13.7. The molecule has 2 aromatic heterocycles. The number of hydrogen-bond acceptors (Lipinski definition) is 6. The molecule has 0 aliphatic carbocycles. The van der Waals surface area contributed by atoms with E-state index in [0.717, 1.165) is 12.8 Å². The highest BCUT2D eigenvalue weighted by molar-refractivity contribution is 5.99. The van der Waals surface area contributed by atoms with Crippen LogP contribution in [0.4, 0.5) is 10.6 Å². The van der Waals surface area contributed by atoms with Gasteiger partial charge < -0.3 is 20.5 Å². The maximum atomic E-state index is 12.4. The zero-order valence-electron chi connectivity index (χ0n) is 15.1. The molecule has 26 heavy (non-hydrogen) atoms. The first-order valence-electron chi connectivity index (χ1n) is 8.50. The second-order valence-electron chi connectivity index (χ2n) is 7.46. The van der Waals surface area contributed by atoms with E-state index in [1.54, 1.807) is 11.0 Å². The molecule has 1 saturated heterocycles. The van der Waals surface area contributed by atoms with Gasteiger partial charge >= 0.3 is 12.1 Å². The van der Waals surface area contributed by atoms with Gasteiger partial charge in [-0.05, 0) is 39.7 Å². The van der Waals surface area contributed by atoms with E-state index in [-0.39, 0.29) is 28.9 Å². The Morgan fingerprint density at radius 1 is 1.38 bits per heavy atom. The lowest BCUT2D eigenvalue weighted by Crippen LogP contribution is -2.42. The highest BCUT2D eigenvalue weighted by Gasteiger charge is 2.31. The Bertz CT molecular complexity index is 855. The lowest BCUT2D eigenvalue weighted by molar-refractivity contribution is 0.0196. The van der Waals surface area contributed by atoms with E-state index in [2.05, 4.69) is 10.1 Å². The molecule has 9 heteroatoms. The number of carboxylic acid groups (broad SMARTS) is 1. The molecule has 1 aliphatic heterocycles. The van der Waals surface area contributed by atoms with Crippen molar-refractivity contribution in [2.45, 2.75) is 45.1 Å². The first-order valence-corrected chi connectivity index (χ1v) is 8.50. The Balaban J connectivity index is 1.93. The van der Waals surface area contributed by atoms with Crippen molar-refractivity contribution in [3.8, 4) is 0 Å². The number of carboxylic acids is 1. The smallest absolute Gasteiger partial charge is 0.410 e. The van der Waals surface area contributed by atoms with Gasteiger partial charge in [0.2, 0.25) is 0 Å². The Hall–Kier alpha value is -2.84. The summed E-state index contributed by atoms with van der Waals surface area (Å²) in [6, 6.07) is 1.58. The summed E-state index contributed by atoms with van der Waals surface area (Å²) >= 11 is 0. The molecule has 9 nitrogen and oxygen atoms in total. The number of piperidine rings is 1. The molecule has 0 aromatic carbocycles. The van der Waals surface area contributed by atoms with E-state index < -0.39 is 11.6 Å². The molecule has 1 aliphatic rings. The van der Waals surface area contributed by atoms with Crippen LogP contribution in [0, 0.1) is 0 Å². The minimum absolute atomic E-state index is 0.0625. The Labute approximate surface area is 150 Å². The van der Waals surface area contributed by atoms with Gasteiger partial charge in [0, 0.05) is 24.7 Å². The van der Waals surface area contributed by atoms with Crippen molar-refractivity contribution in [2.75, 3.05) is 18.8 Å². The topological polar surface area (TPSA) is 123 Å². The third-order valence-corrected chi connectivity index (χ3v) is 4.33. The minimum Gasteiger partial charge on any atom is -0.478 e. The van der Waals surface area contributed by atoms with Crippen LogP contribution in [0.1, 0.15) is 55.6 Å². The fraction of sp³-hybridized carbons (Fsp3) is 0.529. The summed E-state index contributed by atoms with van der Waals surface area (Å²) in [7, 11) is 0. The largest absolute Gasteiger partial charge is 0.478 e. The molecule has 1 amide bonds. The summed E-state index contributed by atoms with van der Waals surface area (Å²) in [6.45, 7) is 6.52. The average Bonchev–Trinajstić information content (AvgIpc) is 2.95. The van der Waals surface area contributed by atoms with Crippen LogP contribution in [0.15, 0.2) is 12.4 Å². The van der Waals surface area contributed by atoms with Gasteiger partial charge in [-0.2, -0.15) is 5.10 Å². The molecule has 1 unspecified atom stereocenters. The molecule has 3 rings (SSSR count). The van der Waals surface area contributed by atoms with E-state index in [1.807, 2.05) is 20.8 Å². The first-order chi connectivity index (χ1) is 12.2. The third kappa shape index (κ3) is 3.42. The van der Waals surface area contributed by atoms with Crippen molar-refractivity contribution in [2.24, 2.45) is 0 Å². The Kier molecular flexibility index (Phi) is 4.47. The van der Waals surface area contributed by atoms with Crippen LogP contribution in [0.5, 0.6) is 0 Å². The summed E-state index contributed by atoms with van der Waals surface area (Å²) in [5.41, 5.74) is 6.35. The maximum absolute atomic E-state index is 12.4. The van der Waals surface area contributed by atoms with Crippen LogP contribution < -0.4 is 5.73 Å². The van der Waals surface area contributed by atoms with Crippen molar-refractivity contribution < 1.29 is 19.4 Å². The third-order valence-electron chi connectivity index (χ3n) is 4.33. The summed E-state index contributed by atoms with van der Waals surface area (Å²) in [5.74, 6) is -1.04. The van der Waals surface area contributed by atoms with Crippen LogP contribution in [0.3, 0.4) is 0 Å². The first kappa shape index (κ1) is 18.0. The number of aromatic nitrogens is 3. The molecule has 2 aromatic rings. The van der Waals surface area contributed by atoms with E-state index in [1.165, 1.54) is 10.8 Å². The number of ether oxygens (including phenoxy) is 1. The van der Waals surface area contributed by atoms with Crippen LogP contribution in [-0.4, -0.2) is 55.4 Å². The molecular formula is C17H23N5O4. The molecule has 1 fully saturated rings. The van der Waals surface area contributed by atoms with E-state index in [9.17, 15) is 14.7 Å². The fourth-order valence-corrected chi connectivity index (χ4v) is 3.26. The number of nitrogens with zero attached hydrogens (tertiary/aromatic N) is 4. The molecule has 1 atom stereocenters. The zero-order valence-corrected chi connectivity index (χ0v) is 15.1. The molecule has 140 valence electrons. The van der Waals surface area contributed by atoms with Crippen molar-refractivity contribution in [1.82, 2.24) is 19.5 Å². The molecule has 0 bridgehead atoms. The fourth-order valence-electron chi connectivity index (χ4n) is 3.26. The predicted molar refractivity (Wildman–Crippen MR) is 94.1 cm³/mol. The van der Waals surface area contributed by atoms with Crippen molar-refractivity contribution in [3.63, 3.8) is 0 Å². The van der Waals surface area contributed by atoms with Gasteiger partial charge in [0.15, 0.2) is 5.82 Å². The Morgan fingerprint density at radius 2 is 2.12 bits per heavy atom. The maximum Gasteiger partial charge on any atom is 0.410 e. The molecule has 3 N–H and O–H groups in total. The number of rotatable bonds is 2. The van der Waals surface area contributed by atoms with Crippen molar-refractivity contribution in [1.29, 1.82) is 0 Å². The predicted octanol–water partition coefficient (Wildman–Crippen LogP) is 2.12. The summed E-state index contributed by atoms with van der Waals surface area (Å²) in [6.07, 6.45) is 2.54. The average molecular weight is 361 g/mol. The summed E-state index contributed by atoms with van der Waals surface area (Å²) in [4.78, 5) is 29.5. The van der Waals surface area contributed by atoms with Crippen LogP contribution in [-0.2, 0) is 4.74 Å². The number of aromatic carboxylic acids is 1. The van der Waals surface area contributed by atoms with Gasteiger partial charge in [-0.1, -0.05) is 0 Å². The lowest BCUT2D eigenvalue weighted by atomic mass is 9.95. The number of nitrogens with two attached hydrogens (primary N) is 1. The minimum atomic E-state index is -1.09. The Morgan fingerprint density at radius 3 is 2.77 bits per heavy atom. The van der Waals surface area contributed by atoms with E-state index in [4.69, 9.17) is 10.5 Å². The number of likely N-dealkylation sites (tertiary alicyclic amines) is 1. The number of carbonyl (C=O) groups excluding carboxylic acids is 1. The van der Waals surface area contributed by atoms with Gasteiger partial charge in [0.25, 0.3) is 0 Å². The number of carbonyl (C=O) groups is 2. The number of amides is 1. The van der Waals surface area contributed by atoms with Crippen LogP contribution in [0.2, 0.25) is 0 Å². The molecule has 0 spiro atoms. The van der Waals surface area contributed by atoms with Crippen LogP contribution in [0.25, 0.3) is 5.52 Å². The van der Waals surface area contributed by atoms with Gasteiger partial charge in [-0.3, -0.25) is 0 Å². The normalized spacial score (nSPS) is 18.1. The number of nitrogen functional groups attached to an aromatic ring is 1. The molecular weight excluding hydrogens is 338 g/mol. The second kappa shape index (κ2) is 6.47. The van der Waals surface area contributed by atoms with E-state index in [0.29, 0.717) is 18.8 Å². The zero-order chi connectivity index (χ0) is 19.1. The molecule has 3 heterocycles. The van der Waals surface area contributed by atoms with Crippen molar-refractivity contribution >= 4 is 23.4 Å². The highest BCUT2D eigenvalue weighted by Crippen LogP contribution is 2.31. The monoisotopic (exact) mass is 361 g/mol. The number of hydrogen-bond donors (Lipinski definition) is 2. The van der Waals surface area contributed by atoms with Gasteiger partial charge in [0.05, 0.1) is 5.56 Å². The number of anilines is 1. The highest BCUT2D eigenvalue weighted by atomic mass is 16.6. The summed E-state index contributed by atoms with van der Waals surface area (Å²) < 4.78 is 6.97. The number of fused-ring (bicyclic) bond motifs is 1. The van der Waals surface area contributed by atoms with E-state index >= 15 is 0 Å². The van der Waals surface area contributed by atoms with Crippen molar-refractivity contribution in [3.05, 3.63) is 23.7 Å². The lowest BCUT2D eigenvalue weighted by Gasteiger charge is -2.34. The van der Waals surface area contributed by atoms with Gasteiger partial charge in [-0.15, -0.1) is 0 Å².